The molecular formula is C27H28N2O5. The summed E-state index contributed by atoms with van der Waals surface area (Å²) in [4.78, 5) is 12.5. The predicted octanol–water partition coefficient (Wildman–Crippen LogP) is 5.13. The Labute approximate surface area is 199 Å². The fraction of sp³-hybridized carbons (Fsp3) is 0.148. The lowest BCUT2D eigenvalue weighted by Gasteiger charge is -2.13. The number of hydrogen-bond donors (Lipinski definition) is 2. The molecule has 0 heterocycles. The highest BCUT2D eigenvalue weighted by Gasteiger charge is 2.12. The summed E-state index contributed by atoms with van der Waals surface area (Å²) in [5.41, 5.74) is 9.48. The summed E-state index contributed by atoms with van der Waals surface area (Å²) in [7, 11) is 6.29. The van der Waals surface area contributed by atoms with Gasteiger partial charge in [0.25, 0.3) is 0 Å². The summed E-state index contributed by atoms with van der Waals surface area (Å²) >= 11 is 0. The van der Waals surface area contributed by atoms with Crippen LogP contribution in [0.15, 0.2) is 60.7 Å². The van der Waals surface area contributed by atoms with E-state index in [-0.39, 0.29) is 5.91 Å². The number of carbonyl (C=O) groups is 1. The van der Waals surface area contributed by atoms with Crippen LogP contribution in [-0.4, -0.2) is 34.3 Å². The van der Waals surface area contributed by atoms with Crippen molar-refractivity contribution in [2.45, 2.75) is 0 Å². The van der Waals surface area contributed by atoms with Crippen LogP contribution in [0.1, 0.15) is 16.7 Å². The van der Waals surface area contributed by atoms with Gasteiger partial charge >= 0.3 is 0 Å². The number of nitrogen functional groups attached to an aromatic ring is 1. The first-order valence-electron chi connectivity index (χ1n) is 10.5. The molecular weight excluding hydrogens is 432 g/mol. The summed E-state index contributed by atoms with van der Waals surface area (Å²) in [6.07, 6.45) is 6.97. The minimum Gasteiger partial charge on any atom is -0.497 e. The molecule has 0 aliphatic heterocycles. The Hall–Kier alpha value is -4.39. The summed E-state index contributed by atoms with van der Waals surface area (Å²) in [6, 6.07) is 16.4. The Bertz CT molecular complexity index is 1180. The second kappa shape index (κ2) is 11.5. The van der Waals surface area contributed by atoms with Crippen molar-refractivity contribution in [1.29, 1.82) is 0 Å². The van der Waals surface area contributed by atoms with Crippen LogP contribution in [0.5, 0.6) is 23.0 Å². The van der Waals surface area contributed by atoms with Gasteiger partial charge in [0.05, 0.1) is 28.4 Å². The van der Waals surface area contributed by atoms with Gasteiger partial charge < -0.3 is 30.0 Å². The molecule has 0 unspecified atom stereocenters. The number of amides is 1. The molecule has 0 aliphatic carbocycles. The van der Waals surface area contributed by atoms with Gasteiger partial charge in [0.1, 0.15) is 5.75 Å². The van der Waals surface area contributed by atoms with Crippen LogP contribution in [0, 0.1) is 0 Å². The molecule has 3 aromatic carbocycles. The zero-order valence-corrected chi connectivity index (χ0v) is 19.6. The Morgan fingerprint density at radius 3 is 2.03 bits per heavy atom. The van der Waals surface area contributed by atoms with Gasteiger partial charge in [-0.3, -0.25) is 4.79 Å². The minimum atomic E-state index is -0.260. The van der Waals surface area contributed by atoms with Crippen LogP contribution in [0.2, 0.25) is 0 Å². The number of anilines is 2. The van der Waals surface area contributed by atoms with E-state index < -0.39 is 0 Å². The second-order valence-electron chi connectivity index (χ2n) is 7.23. The molecule has 0 aromatic heterocycles. The van der Waals surface area contributed by atoms with Crippen LogP contribution in [-0.2, 0) is 4.79 Å². The first-order valence-corrected chi connectivity index (χ1v) is 10.5. The Morgan fingerprint density at radius 1 is 0.765 bits per heavy atom. The van der Waals surface area contributed by atoms with E-state index >= 15 is 0 Å². The lowest BCUT2D eigenvalue weighted by molar-refractivity contribution is -0.111. The average molecular weight is 461 g/mol. The second-order valence-corrected chi connectivity index (χ2v) is 7.23. The summed E-state index contributed by atoms with van der Waals surface area (Å²) in [5.74, 6) is 2.02. The molecule has 1 amide bonds. The highest BCUT2D eigenvalue weighted by atomic mass is 16.5. The Morgan fingerprint density at radius 2 is 1.44 bits per heavy atom. The summed E-state index contributed by atoms with van der Waals surface area (Å²) in [5, 5.41) is 2.92. The molecule has 3 aromatic rings. The number of nitrogens with two attached hydrogens (primary N) is 1. The smallest absolute Gasteiger partial charge is 0.248 e. The van der Waals surface area contributed by atoms with Crippen molar-refractivity contribution < 1.29 is 23.7 Å². The fourth-order valence-corrected chi connectivity index (χ4v) is 3.26. The molecule has 0 saturated heterocycles. The maximum Gasteiger partial charge on any atom is 0.248 e. The maximum atomic E-state index is 12.5. The summed E-state index contributed by atoms with van der Waals surface area (Å²) in [6.45, 7) is 0. The average Bonchev–Trinajstić information content (AvgIpc) is 2.86. The third kappa shape index (κ3) is 6.10. The standard InChI is InChI=1S/C27H28N2O5/c1-31-22-12-13-23(29-26(30)14-8-18-6-10-21(28)11-7-18)20(17-22)9-5-19-15-24(32-2)27(34-4)25(16-19)33-3/h5-17H,28H2,1-4H3,(H,29,30)/b9-5?,14-8+. The SMILES string of the molecule is COc1ccc(NC(=O)/C=C/c2ccc(N)cc2)c(C=Cc2cc(OC)c(OC)c(OC)c2)c1. The van der Waals surface area contributed by atoms with E-state index in [4.69, 9.17) is 24.7 Å². The maximum absolute atomic E-state index is 12.5. The first kappa shape index (κ1) is 24.3. The zero-order valence-electron chi connectivity index (χ0n) is 19.6. The quantitative estimate of drug-likeness (QED) is 0.261. The highest BCUT2D eigenvalue weighted by molar-refractivity contribution is 6.03. The Kier molecular flexibility index (Phi) is 8.18. The highest BCUT2D eigenvalue weighted by Crippen LogP contribution is 2.38. The van der Waals surface area contributed by atoms with E-state index in [1.165, 1.54) is 6.08 Å². The van der Waals surface area contributed by atoms with Crippen LogP contribution in [0.4, 0.5) is 11.4 Å². The number of rotatable bonds is 9. The molecule has 0 aliphatic rings. The summed E-state index contributed by atoms with van der Waals surface area (Å²) < 4.78 is 21.6. The number of hydrogen-bond acceptors (Lipinski definition) is 6. The lowest BCUT2D eigenvalue weighted by atomic mass is 10.1. The monoisotopic (exact) mass is 460 g/mol. The Balaban J connectivity index is 1.86. The van der Waals surface area contributed by atoms with Gasteiger partial charge in [-0.1, -0.05) is 24.3 Å². The van der Waals surface area contributed by atoms with E-state index in [1.807, 2.05) is 42.5 Å². The third-order valence-corrected chi connectivity index (χ3v) is 5.02. The predicted molar refractivity (Wildman–Crippen MR) is 137 cm³/mol. The number of benzene rings is 3. The van der Waals surface area contributed by atoms with Crippen molar-refractivity contribution in [3.63, 3.8) is 0 Å². The van der Waals surface area contributed by atoms with Crippen LogP contribution < -0.4 is 30.0 Å². The minimum absolute atomic E-state index is 0.260. The van der Waals surface area contributed by atoms with Gasteiger partial charge in [0, 0.05) is 23.0 Å². The van der Waals surface area contributed by atoms with Crippen molar-refractivity contribution >= 4 is 35.5 Å². The first-order chi connectivity index (χ1) is 16.5. The van der Waals surface area contributed by atoms with Gasteiger partial charge in [-0.05, 0) is 59.7 Å². The van der Waals surface area contributed by atoms with Crippen molar-refractivity contribution in [2.24, 2.45) is 0 Å². The van der Waals surface area contributed by atoms with E-state index in [9.17, 15) is 4.79 Å². The van der Waals surface area contributed by atoms with Crippen molar-refractivity contribution in [3.05, 3.63) is 77.4 Å². The van der Waals surface area contributed by atoms with Crippen molar-refractivity contribution in [2.75, 3.05) is 39.5 Å². The zero-order chi connectivity index (χ0) is 24.5. The molecule has 0 radical (unpaired) electrons. The topological polar surface area (TPSA) is 92.0 Å². The molecule has 3 rings (SSSR count). The van der Waals surface area contributed by atoms with Crippen LogP contribution >= 0.6 is 0 Å². The molecule has 0 saturated carbocycles. The molecule has 34 heavy (non-hydrogen) atoms. The van der Waals surface area contributed by atoms with Gasteiger partial charge in [0.2, 0.25) is 11.7 Å². The number of nitrogens with one attached hydrogen (secondary N) is 1. The normalized spacial score (nSPS) is 10.9. The third-order valence-electron chi connectivity index (χ3n) is 5.02. The van der Waals surface area contributed by atoms with E-state index in [0.29, 0.717) is 34.4 Å². The van der Waals surface area contributed by atoms with E-state index in [0.717, 1.165) is 16.7 Å². The number of carbonyl (C=O) groups excluding carboxylic acids is 1. The van der Waals surface area contributed by atoms with Gasteiger partial charge in [0.15, 0.2) is 11.5 Å². The lowest BCUT2D eigenvalue weighted by Crippen LogP contribution is -2.09. The van der Waals surface area contributed by atoms with E-state index in [2.05, 4.69) is 5.32 Å². The van der Waals surface area contributed by atoms with Crippen molar-refractivity contribution in [3.8, 4) is 23.0 Å². The molecule has 7 nitrogen and oxygen atoms in total. The van der Waals surface area contributed by atoms with Gasteiger partial charge in [-0.25, -0.2) is 0 Å². The van der Waals surface area contributed by atoms with Gasteiger partial charge in [-0.2, -0.15) is 0 Å². The largest absolute Gasteiger partial charge is 0.497 e. The fourth-order valence-electron chi connectivity index (χ4n) is 3.26. The van der Waals surface area contributed by atoms with Crippen molar-refractivity contribution in [1.82, 2.24) is 0 Å². The molecule has 7 heteroatoms. The number of ether oxygens (including phenoxy) is 4. The van der Waals surface area contributed by atoms with E-state index in [1.54, 1.807) is 58.8 Å². The molecule has 0 fully saturated rings. The van der Waals surface area contributed by atoms with Crippen LogP contribution in [0.3, 0.4) is 0 Å². The molecule has 0 bridgehead atoms. The van der Waals surface area contributed by atoms with Crippen LogP contribution in [0.25, 0.3) is 18.2 Å². The number of methoxy groups -OCH3 is 4. The molecule has 3 N–H and O–H groups in total. The van der Waals surface area contributed by atoms with Gasteiger partial charge in [-0.15, -0.1) is 0 Å². The molecule has 0 spiro atoms. The molecule has 0 atom stereocenters. The molecule has 176 valence electrons.